The van der Waals surface area contributed by atoms with Crippen LogP contribution in [0.1, 0.15) is 75.6 Å². The third kappa shape index (κ3) is 5.23. The van der Waals surface area contributed by atoms with Crippen LogP contribution in [0.5, 0.6) is 0 Å². The maximum absolute atomic E-state index is 13.2. The van der Waals surface area contributed by atoms with Gasteiger partial charge in [0.15, 0.2) is 0 Å². The highest BCUT2D eigenvalue weighted by molar-refractivity contribution is 7.12. The lowest BCUT2D eigenvalue weighted by Gasteiger charge is -2.24. The average molecular weight is 460 g/mol. The summed E-state index contributed by atoms with van der Waals surface area (Å²) in [6, 6.07) is 1.90. The fraction of sp³-hybridized carbons (Fsp3) is 0.542. The second kappa shape index (κ2) is 9.10. The Morgan fingerprint density at radius 3 is 2.56 bits per heavy atom. The number of hydrogen-bond acceptors (Lipinski definition) is 5. The third-order valence-corrected chi connectivity index (χ3v) is 7.14. The Kier molecular flexibility index (Phi) is 6.83. The van der Waals surface area contributed by atoms with Crippen molar-refractivity contribution < 1.29 is 14.3 Å². The van der Waals surface area contributed by atoms with E-state index in [1.165, 1.54) is 0 Å². The van der Waals surface area contributed by atoms with Crippen molar-refractivity contribution in [1.29, 1.82) is 0 Å². The van der Waals surface area contributed by atoms with E-state index < -0.39 is 5.60 Å². The molecule has 0 saturated carbocycles. The molecule has 1 saturated heterocycles. The van der Waals surface area contributed by atoms with Gasteiger partial charge in [-0.25, -0.2) is 4.79 Å². The molecule has 1 aliphatic heterocycles. The Bertz CT molecular complexity index is 1090. The molecule has 1 unspecified atom stereocenters. The quantitative estimate of drug-likeness (QED) is 0.712. The summed E-state index contributed by atoms with van der Waals surface area (Å²) in [7, 11) is 0. The predicted molar refractivity (Wildman–Crippen MR) is 127 cm³/mol. The number of pyridine rings is 1. The zero-order valence-corrected chi connectivity index (χ0v) is 20.8. The largest absolute Gasteiger partial charge is 0.444 e. The van der Waals surface area contributed by atoms with E-state index in [1.54, 1.807) is 16.2 Å². The van der Waals surface area contributed by atoms with Gasteiger partial charge >= 0.3 is 6.09 Å². The number of hydrogen-bond donors (Lipinski definition) is 2. The van der Waals surface area contributed by atoms with Crippen molar-refractivity contribution in [1.82, 2.24) is 15.2 Å². The SMILES string of the molecule is Cc1cc(C)c(CNC(=O)c2c(C3CCN(C(=O)OC(C)(C)C)C3)sc(C)c2C)c(=O)[nH]1. The fourth-order valence-corrected chi connectivity index (χ4v) is 5.34. The topological polar surface area (TPSA) is 91.5 Å². The van der Waals surface area contributed by atoms with E-state index in [0.717, 1.165) is 33.0 Å². The first kappa shape index (κ1) is 24.0. The maximum atomic E-state index is 13.2. The van der Waals surface area contributed by atoms with Crippen LogP contribution in [0, 0.1) is 27.7 Å². The molecule has 2 aromatic heterocycles. The number of rotatable bonds is 4. The molecule has 1 atom stereocenters. The summed E-state index contributed by atoms with van der Waals surface area (Å²) in [6.07, 6.45) is 0.473. The Hall–Kier alpha value is -2.61. The van der Waals surface area contributed by atoms with E-state index in [4.69, 9.17) is 4.74 Å². The molecule has 32 heavy (non-hydrogen) atoms. The van der Waals surface area contributed by atoms with Crippen LogP contribution in [0.4, 0.5) is 4.79 Å². The van der Waals surface area contributed by atoms with Crippen LogP contribution in [0.3, 0.4) is 0 Å². The van der Waals surface area contributed by atoms with Gasteiger partial charge in [0, 0.05) is 46.6 Å². The molecule has 0 bridgehead atoms. The van der Waals surface area contributed by atoms with E-state index in [2.05, 4.69) is 10.3 Å². The summed E-state index contributed by atoms with van der Waals surface area (Å²) in [5.74, 6) is -0.0953. The number of carbonyl (C=O) groups is 2. The summed E-state index contributed by atoms with van der Waals surface area (Å²) < 4.78 is 5.51. The predicted octanol–water partition coefficient (Wildman–Crippen LogP) is 4.32. The summed E-state index contributed by atoms with van der Waals surface area (Å²) in [5, 5.41) is 2.94. The van der Waals surface area contributed by atoms with Gasteiger partial charge in [-0.1, -0.05) is 0 Å². The second-order valence-electron chi connectivity index (χ2n) is 9.56. The molecule has 0 radical (unpaired) electrons. The summed E-state index contributed by atoms with van der Waals surface area (Å²) in [6.45, 7) is 14.5. The Morgan fingerprint density at radius 2 is 1.94 bits per heavy atom. The van der Waals surface area contributed by atoms with Crippen molar-refractivity contribution in [2.75, 3.05) is 13.1 Å². The number of aromatic nitrogens is 1. The maximum Gasteiger partial charge on any atom is 0.410 e. The van der Waals surface area contributed by atoms with Gasteiger partial charge in [-0.15, -0.1) is 11.3 Å². The molecule has 0 aliphatic carbocycles. The minimum Gasteiger partial charge on any atom is -0.444 e. The molecule has 1 fully saturated rings. The first-order chi connectivity index (χ1) is 14.9. The minimum absolute atomic E-state index is 0.0881. The first-order valence-electron chi connectivity index (χ1n) is 10.9. The van der Waals surface area contributed by atoms with E-state index in [9.17, 15) is 14.4 Å². The average Bonchev–Trinajstić information content (AvgIpc) is 3.25. The van der Waals surface area contributed by atoms with Gasteiger partial charge in [0.1, 0.15) is 5.60 Å². The minimum atomic E-state index is -0.539. The number of aryl methyl sites for hydroxylation is 3. The number of nitrogens with zero attached hydrogens (tertiary/aromatic N) is 1. The lowest BCUT2D eigenvalue weighted by atomic mass is 9.99. The zero-order valence-electron chi connectivity index (χ0n) is 20.0. The monoisotopic (exact) mass is 459 g/mol. The van der Waals surface area contributed by atoms with Gasteiger partial charge in [-0.3, -0.25) is 9.59 Å². The fourth-order valence-electron chi connectivity index (χ4n) is 4.05. The van der Waals surface area contributed by atoms with E-state index in [0.29, 0.717) is 24.2 Å². The number of thiophene rings is 1. The molecular weight excluding hydrogens is 426 g/mol. The molecule has 7 nitrogen and oxygen atoms in total. The molecule has 0 aromatic carbocycles. The van der Waals surface area contributed by atoms with E-state index >= 15 is 0 Å². The van der Waals surface area contributed by atoms with Gasteiger partial charge in [-0.2, -0.15) is 0 Å². The highest BCUT2D eigenvalue weighted by Gasteiger charge is 2.34. The lowest BCUT2D eigenvalue weighted by molar-refractivity contribution is 0.0292. The van der Waals surface area contributed by atoms with Crippen LogP contribution in [0.2, 0.25) is 0 Å². The standard InChI is InChI=1S/C24H33N3O4S/c1-13-10-14(2)26-21(28)18(13)11-25-22(29)19-15(3)16(4)32-20(19)17-8-9-27(12-17)23(30)31-24(5,6)7/h10,17H,8-9,11-12H2,1-7H3,(H,25,29)(H,26,28). The first-order valence-corrected chi connectivity index (χ1v) is 11.7. The second-order valence-corrected chi connectivity index (χ2v) is 10.8. The summed E-state index contributed by atoms with van der Waals surface area (Å²) in [4.78, 5) is 44.6. The van der Waals surface area contributed by atoms with Crippen molar-refractivity contribution in [2.24, 2.45) is 0 Å². The van der Waals surface area contributed by atoms with Crippen LogP contribution in [-0.4, -0.2) is 40.6 Å². The molecule has 2 amide bonds. The Morgan fingerprint density at radius 1 is 1.25 bits per heavy atom. The summed E-state index contributed by atoms with van der Waals surface area (Å²) in [5.41, 5.74) is 3.12. The normalized spacial score (nSPS) is 16.3. The number of nitrogens with one attached hydrogen (secondary N) is 2. The van der Waals surface area contributed by atoms with E-state index in [-0.39, 0.29) is 30.0 Å². The number of ether oxygens (including phenoxy) is 1. The van der Waals surface area contributed by atoms with Crippen molar-refractivity contribution in [2.45, 2.75) is 73.0 Å². The number of aromatic amines is 1. The van der Waals surface area contributed by atoms with Gasteiger partial charge < -0.3 is 19.9 Å². The molecule has 2 aromatic rings. The third-order valence-electron chi connectivity index (χ3n) is 5.77. The number of amides is 2. The molecule has 8 heteroatoms. The van der Waals surface area contributed by atoms with Crippen molar-refractivity contribution >= 4 is 23.3 Å². The Balaban J connectivity index is 1.77. The van der Waals surface area contributed by atoms with Gasteiger partial charge in [-0.05, 0) is 72.1 Å². The van der Waals surface area contributed by atoms with Crippen LogP contribution in [0.25, 0.3) is 0 Å². The van der Waals surface area contributed by atoms with Gasteiger partial charge in [0.2, 0.25) is 0 Å². The number of likely N-dealkylation sites (tertiary alicyclic amines) is 1. The van der Waals surface area contributed by atoms with E-state index in [1.807, 2.05) is 54.5 Å². The zero-order chi connectivity index (χ0) is 23.8. The number of carbonyl (C=O) groups excluding carboxylic acids is 2. The van der Waals surface area contributed by atoms with Crippen LogP contribution < -0.4 is 10.9 Å². The lowest BCUT2D eigenvalue weighted by Crippen LogP contribution is -2.35. The Labute approximate surface area is 193 Å². The molecule has 2 N–H and O–H groups in total. The van der Waals surface area contributed by atoms with Crippen molar-refractivity contribution in [3.63, 3.8) is 0 Å². The molecular formula is C24H33N3O4S. The molecule has 0 spiro atoms. The molecule has 1 aliphatic rings. The van der Waals surface area contributed by atoms with Crippen LogP contribution >= 0.6 is 11.3 Å². The van der Waals surface area contributed by atoms with Crippen LogP contribution in [-0.2, 0) is 11.3 Å². The molecule has 3 heterocycles. The number of H-pyrrole nitrogens is 1. The van der Waals surface area contributed by atoms with Gasteiger partial charge in [0.05, 0.1) is 5.56 Å². The summed E-state index contributed by atoms with van der Waals surface area (Å²) >= 11 is 1.62. The van der Waals surface area contributed by atoms with Crippen molar-refractivity contribution in [3.05, 3.63) is 54.1 Å². The molecule has 3 rings (SSSR count). The smallest absolute Gasteiger partial charge is 0.410 e. The highest BCUT2D eigenvalue weighted by Crippen LogP contribution is 2.38. The molecule has 174 valence electrons. The van der Waals surface area contributed by atoms with Crippen LogP contribution in [0.15, 0.2) is 10.9 Å². The van der Waals surface area contributed by atoms with Gasteiger partial charge in [0.25, 0.3) is 11.5 Å². The van der Waals surface area contributed by atoms with Crippen molar-refractivity contribution in [3.8, 4) is 0 Å². The highest BCUT2D eigenvalue weighted by atomic mass is 32.1.